The third-order valence-corrected chi connectivity index (χ3v) is 2.98. The Morgan fingerprint density at radius 1 is 1.59 bits per heavy atom. The summed E-state index contributed by atoms with van der Waals surface area (Å²) in [7, 11) is 3.51. The predicted octanol–water partition coefficient (Wildman–Crippen LogP) is 1.26. The van der Waals surface area contributed by atoms with Crippen LogP contribution in [0.15, 0.2) is 6.33 Å². The van der Waals surface area contributed by atoms with Crippen LogP contribution < -0.4 is 10.2 Å². The van der Waals surface area contributed by atoms with Crippen molar-refractivity contribution < 1.29 is 4.79 Å². The van der Waals surface area contributed by atoms with E-state index in [1.165, 1.54) is 6.33 Å². The highest BCUT2D eigenvalue weighted by atomic mass is 35.5. The van der Waals surface area contributed by atoms with Crippen molar-refractivity contribution in [1.82, 2.24) is 15.3 Å². The summed E-state index contributed by atoms with van der Waals surface area (Å²) in [6.45, 7) is 4.31. The van der Waals surface area contributed by atoms with E-state index in [9.17, 15) is 4.79 Å². The number of nitrogens with zero attached hydrogens (tertiary/aromatic N) is 3. The molecule has 1 rings (SSSR count). The Morgan fingerprint density at radius 3 is 2.82 bits per heavy atom. The van der Waals surface area contributed by atoms with Crippen molar-refractivity contribution in [3.05, 3.63) is 17.0 Å². The summed E-state index contributed by atoms with van der Waals surface area (Å²) in [6, 6.07) is 0. The molecule has 1 N–H and O–H groups in total. The zero-order chi connectivity index (χ0) is 13.0. The van der Waals surface area contributed by atoms with Crippen molar-refractivity contribution in [3.8, 4) is 0 Å². The van der Waals surface area contributed by atoms with Gasteiger partial charge in [0.1, 0.15) is 17.3 Å². The third kappa shape index (κ3) is 3.30. The largest absolute Gasteiger partial charge is 0.359 e. The van der Waals surface area contributed by atoms with Crippen LogP contribution in [-0.2, 0) is 4.79 Å². The number of rotatable bonds is 4. The summed E-state index contributed by atoms with van der Waals surface area (Å²) in [5.41, 5.74) is 0.820. The van der Waals surface area contributed by atoms with E-state index in [1.54, 1.807) is 7.05 Å². The van der Waals surface area contributed by atoms with Crippen molar-refractivity contribution in [2.24, 2.45) is 5.92 Å². The van der Waals surface area contributed by atoms with E-state index >= 15 is 0 Å². The molecule has 6 heteroatoms. The number of hydrogen-bond acceptors (Lipinski definition) is 4. The van der Waals surface area contributed by atoms with E-state index in [-0.39, 0.29) is 11.8 Å². The third-order valence-electron chi connectivity index (χ3n) is 2.60. The molecule has 0 saturated carbocycles. The van der Waals surface area contributed by atoms with E-state index in [4.69, 9.17) is 11.6 Å². The second-order valence-electron chi connectivity index (χ2n) is 4.01. The summed E-state index contributed by atoms with van der Waals surface area (Å²) < 4.78 is 0. The number of carbonyl (C=O) groups is 1. The van der Waals surface area contributed by atoms with Crippen LogP contribution in [0.1, 0.15) is 12.5 Å². The molecule has 1 atom stereocenters. The topological polar surface area (TPSA) is 58.1 Å². The minimum Gasteiger partial charge on any atom is -0.359 e. The second kappa shape index (κ2) is 5.82. The van der Waals surface area contributed by atoms with Gasteiger partial charge < -0.3 is 10.2 Å². The molecule has 0 aliphatic heterocycles. The maximum Gasteiger partial charge on any atom is 0.224 e. The molecular formula is C11H17ClN4O. The summed E-state index contributed by atoms with van der Waals surface area (Å²) in [5.74, 6) is 0.647. The summed E-state index contributed by atoms with van der Waals surface area (Å²) in [6.07, 6.45) is 1.42. The average molecular weight is 257 g/mol. The van der Waals surface area contributed by atoms with Crippen molar-refractivity contribution in [1.29, 1.82) is 0 Å². The SMILES string of the molecule is CNC(=O)C(C)CN(C)c1ncnc(Cl)c1C. The lowest BCUT2D eigenvalue weighted by Gasteiger charge is -2.23. The van der Waals surface area contributed by atoms with Gasteiger partial charge in [-0.25, -0.2) is 9.97 Å². The van der Waals surface area contributed by atoms with Crippen molar-refractivity contribution in [2.45, 2.75) is 13.8 Å². The molecule has 0 saturated heterocycles. The highest BCUT2D eigenvalue weighted by Gasteiger charge is 2.16. The molecule has 0 aliphatic rings. The minimum atomic E-state index is -0.113. The standard InChI is InChI=1S/C11H17ClN4O/c1-7(11(17)13-3)5-16(4)10-8(2)9(12)14-6-15-10/h6-7H,5H2,1-4H3,(H,13,17). The first-order chi connectivity index (χ1) is 7.97. The minimum absolute atomic E-state index is 0.00894. The summed E-state index contributed by atoms with van der Waals surface area (Å²) in [4.78, 5) is 21.4. The number of anilines is 1. The molecule has 94 valence electrons. The van der Waals surface area contributed by atoms with Gasteiger partial charge in [0.2, 0.25) is 5.91 Å². The second-order valence-corrected chi connectivity index (χ2v) is 4.37. The van der Waals surface area contributed by atoms with Gasteiger partial charge in [0.15, 0.2) is 0 Å². The van der Waals surface area contributed by atoms with Crippen LogP contribution in [0, 0.1) is 12.8 Å². The van der Waals surface area contributed by atoms with Crippen LogP contribution in [0.25, 0.3) is 0 Å². The van der Waals surface area contributed by atoms with Gasteiger partial charge in [-0.2, -0.15) is 0 Å². The number of carbonyl (C=O) groups excluding carboxylic acids is 1. The maximum absolute atomic E-state index is 11.4. The van der Waals surface area contributed by atoms with Gasteiger partial charge in [-0.05, 0) is 6.92 Å². The zero-order valence-electron chi connectivity index (χ0n) is 10.5. The van der Waals surface area contributed by atoms with Crippen molar-refractivity contribution in [2.75, 3.05) is 25.5 Å². The number of halogens is 1. The molecule has 1 unspecified atom stereocenters. The van der Waals surface area contributed by atoms with E-state index < -0.39 is 0 Å². The molecule has 0 radical (unpaired) electrons. The molecule has 1 amide bonds. The lowest BCUT2D eigenvalue weighted by molar-refractivity contribution is -0.123. The van der Waals surface area contributed by atoms with E-state index in [0.717, 1.165) is 11.4 Å². The van der Waals surface area contributed by atoms with Gasteiger partial charge in [-0.1, -0.05) is 18.5 Å². The highest BCUT2D eigenvalue weighted by molar-refractivity contribution is 6.30. The molecule has 1 aromatic rings. The van der Waals surface area contributed by atoms with Crippen LogP contribution in [0.5, 0.6) is 0 Å². The molecule has 0 spiro atoms. The van der Waals surface area contributed by atoms with Crippen molar-refractivity contribution >= 4 is 23.3 Å². The lowest BCUT2D eigenvalue weighted by Crippen LogP contribution is -2.35. The zero-order valence-corrected chi connectivity index (χ0v) is 11.2. The first-order valence-electron chi connectivity index (χ1n) is 5.37. The number of amides is 1. The van der Waals surface area contributed by atoms with Gasteiger partial charge in [0.25, 0.3) is 0 Å². The molecule has 17 heavy (non-hydrogen) atoms. The Bertz CT molecular complexity index is 410. The van der Waals surface area contributed by atoms with Crippen molar-refractivity contribution in [3.63, 3.8) is 0 Å². The molecule has 0 aliphatic carbocycles. The number of aromatic nitrogens is 2. The first-order valence-corrected chi connectivity index (χ1v) is 5.75. The molecular weight excluding hydrogens is 240 g/mol. The van der Waals surface area contributed by atoms with Gasteiger partial charge >= 0.3 is 0 Å². The Hall–Kier alpha value is -1.36. The molecule has 5 nitrogen and oxygen atoms in total. The van der Waals surface area contributed by atoms with Crippen LogP contribution in [0.4, 0.5) is 5.82 Å². The van der Waals surface area contributed by atoms with E-state index in [2.05, 4.69) is 15.3 Å². The van der Waals surface area contributed by atoms with Gasteiger partial charge in [-0.3, -0.25) is 4.79 Å². The van der Waals surface area contributed by atoms with Gasteiger partial charge in [-0.15, -0.1) is 0 Å². The molecule has 0 bridgehead atoms. The van der Waals surface area contributed by atoms with Crippen LogP contribution in [0.2, 0.25) is 5.15 Å². The molecule has 1 heterocycles. The Kier molecular flexibility index (Phi) is 4.69. The van der Waals surface area contributed by atoms with Crippen LogP contribution in [0.3, 0.4) is 0 Å². The molecule has 0 fully saturated rings. The first kappa shape index (κ1) is 13.7. The fourth-order valence-corrected chi connectivity index (χ4v) is 1.76. The molecule has 0 aromatic carbocycles. The van der Waals surface area contributed by atoms with Gasteiger partial charge in [0.05, 0.1) is 5.92 Å². The van der Waals surface area contributed by atoms with E-state index in [0.29, 0.717) is 11.7 Å². The smallest absolute Gasteiger partial charge is 0.224 e. The number of hydrogen-bond donors (Lipinski definition) is 1. The predicted molar refractivity (Wildman–Crippen MR) is 68.3 cm³/mol. The highest BCUT2D eigenvalue weighted by Crippen LogP contribution is 2.21. The Balaban J connectivity index is 2.80. The van der Waals surface area contributed by atoms with Crippen LogP contribution in [-0.4, -0.2) is 36.5 Å². The summed E-state index contributed by atoms with van der Waals surface area (Å²) >= 11 is 5.93. The average Bonchev–Trinajstić information content (AvgIpc) is 2.31. The van der Waals surface area contributed by atoms with Gasteiger partial charge in [0, 0.05) is 26.2 Å². The fourth-order valence-electron chi connectivity index (χ4n) is 1.63. The Morgan fingerprint density at radius 2 is 2.24 bits per heavy atom. The quantitative estimate of drug-likeness (QED) is 0.824. The lowest BCUT2D eigenvalue weighted by atomic mass is 10.1. The fraction of sp³-hybridized carbons (Fsp3) is 0.545. The maximum atomic E-state index is 11.4. The molecule has 1 aromatic heterocycles. The summed E-state index contributed by atoms with van der Waals surface area (Å²) in [5, 5.41) is 3.06. The van der Waals surface area contributed by atoms with E-state index in [1.807, 2.05) is 25.8 Å². The normalized spacial score (nSPS) is 12.1. The Labute approximate surface area is 106 Å². The monoisotopic (exact) mass is 256 g/mol. The number of nitrogens with one attached hydrogen (secondary N) is 1. The van der Waals surface area contributed by atoms with Crippen LogP contribution >= 0.6 is 11.6 Å².